The second-order valence-corrected chi connectivity index (χ2v) is 5.32. The van der Waals surface area contributed by atoms with Gasteiger partial charge in [0.2, 0.25) is 0 Å². The fourth-order valence-electron chi connectivity index (χ4n) is 1.81. The Kier molecular flexibility index (Phi) is 3.64. The predicted molar refractivity (Wildman–Crippen MR) is 69.5 cm³/mol. The monoisotopic (exact) mass is 332 g/mol. The molecule has 1 aliphatic heterocycles. The maximum absolute atomic E-state index is 12.2. The smallest absolute Gasteiger partial charge is 0.332 e. The second-order valence-electron chi connectivity index (χ2n) is 4.47. The van der Waals surface area contributed by atoms with E-state index in [1.165, 1.54) is 13.1 Å². The number of epoxide rings is 1. The first-order chi connectivity index (χ1) is 8.84. The standard InChI is InChI=1S/C11H13BrN2O5/c1-5(8-4-19-8)14-9(15)7(12)3-13(11(14)18)6(2)10(16)17/h3,5-6,8H,4H2,1-2H3,(H,16,17)/t5-,6?,8?/m0/s1. The van der Waals surface area contributed by atoms with Crippen molar-refractivity contribution in [3.8, 4) is 0 Å². The molecule has 1 fully saturated rings. The zero-order chi connectivity index (χ0) is 14.3. The lowest BCUT2D eigenvalue weighted by Gasteiger charge is -2.17. The van der Waals surface area contributed by atoms with Crippen molar-refractivity contribution in [2.24, 2.45) is 0 Å². The van der Waals surface area contributed by atoms with Crippen LogP contribution in [0.3, 0.4) is 0 Å². The number of hydrogen-bond donors (Lipinski definition) is 1. The maximum atomic E-state index is 12.2. The van der Waals surface area contributed by atoms with E-state index >= 15 is 0 Å². The first kappa shape index (κ1) is 14.0. The summed E-state index contributed by atoms with van der Waals surface area (Å²) >= 11 is 3.06. The average molecular weight is 333 g/mol. The van der Waals surface area contributed by atoms with Crippen molar-refractivity contribution in [2.75, 3.05) is 6.61 Å². The van der Waals surface area contributed by atoms with Crippen molar-refractivity contribution in [1.29, 1.82) is 0 Å². The van der Waals surface area contributed by atoms with E-state index in [1.54, 1.807) is 6.92 Å². The van der Waals surface area contributed by atoms with Gasteiger partial charge in [0.05, 0.1) is 17.1 Å². The van der Waals surface area contributed by atoms with Crippen molar-refractivity contribution in [1.82, 2.24) is 9.13 Å². The normalized spacial score (nSPS) is 20.9. The molecular weight excluding hydrogens is 320 g/mol. The Balaban J connectivity index is 2.62. The van der Waals surface area contributed by atoms with E-state index in [0.29, 0.717) is 6.61 Å². The highest BCUT2D eigenvalue weighted by molar-refractivity contribution is 9.10. The van der Waals surface area contributed by atoms with E-state index in [2.05, 4.69) is 15.9 Å². The summed E-state index contributed by atoms with van der Waals surface area (Å²) in [5, 5.41) is 8.98. The molecule has 1 aromatic rings. The molecule has 2 heterocycles. The van der Waals surface area contributed by atoms with Crippen LogP contribution in [0.5, 0.6) is 0 Å². The van der Waals surface area contributed by atoms with E-state index in [-0.39, 0.29) is 10.6 Å². The Hall–Kier alpha value is -1.41. The number of ether oxygens (including phenoxy) is 1. The number of carboxylic acid groups (broad SMARTS) is 1. The highest BCUT2D eigenvalue weighted by Crippen LogP contribution is 2.22. The number of aromatic nitrogens is 2. The fourth-order valence-corrected chi connectivity index (χ4v) is 2.23. The van der Waals surface area contributed by atoms with Gasteiger partial charge in [-0.1, -0.05) is 0 Å². The summed E-state index contributed by atoms with van der Waals surface area (Å²) < 4.78 is 7.28. The van der Waals surface area contributed by atoms with Gasteiger partial charge in [-0.05, 0) is 29.8 Å². The molecule has 19 heavy (non-hydrogen) atoms. The third-order valence-corrected chi connectivity index (χ3v) is 3.73. The number of halogens is 1. The molecule has 1 aliphatic rings. The third kappa shape index (κ3) is 2.50. The molecule has 0 amide bonds. The van der Waals surface area contributed by atoms with Gasteiger partial charge in [-0.2, -0.15) is 0 Å². The quantitative estimate of drug-likeness (QED) is 0.804. The van der Waals surface area contributed by atoms with Gasteiger partial charge < -0.3 is 9.84 Å². The van der Waals surface area contributed by atoms with Gasteiger partial charge in [0.1, 0.15) is 12.1 Å². The van der Waals surface area contributed by atoms with E-state index in [4.69, 9.17) is 9.84 Å². The van der Waals surface area contributed by atoms with Crippen LogP contribution >= 0.6 is 15.9 Å². The molecule has 0 bridgehead atoms. The fraction of sp³-hybridized carbons (Fsp3) is 0.545. The van der Waals surface area contributed by atoms with Gasteiger partial charge in [-0.15, -0.1) is 0 Å². The maximum Gasteiger partial charge on any atom is 0.332 e. The first-order valence-electron chi connectivity index (χ1n) is 5.72. The molecule has 0 aliphatic carbocycles. The molecule has 104 valence electrons. The molecule has 7 nitrogen and oxygen atoms in total. The van der Waals surface area contributed by atoms with Crippen molar-refractivity contribution in [3.05, 3.63) is 31.5 Å². The topological polar surface area (TPSA) is 93.8 Å². The van der Waals surface area contributed by atoms with Crippen LogP contribution in [-0.2, 0) is 9.53 Å². The van der Waals surface area contributed by atoms with Crippen LogP contribution in [0.25, 0.3) is 0 Å². The highest BCUT2D eigenvalue weighted by atomic mass is 79.9. The SMILES string of the molecule is CC(C(=O)O)n1cc(Br)c(=O)n([C@@H](C)C2CO2)c1=O. The Bertz CT molecular complexity index is 631. The van der Waals surface area contributed by atoms with Gasteiger partial charge >= 0.3 is 11.7 Å². The molecule has 1 N–H and O–H groups in total. The summed E-state index contributed by atoms with van der Waals surface area (Å²) in [6, 6.07) is -1.48. The summed E-state index contributed by atoms with van der Waals surface area (Å²) in [5.41, 5.74) is -1.13. The van der Waals surface area contributed by atoms with E-state index in [9.17, 15) is 14.4 Å². The highest BCUT2D eigenvalue weighted by Gasteiger charge is 2.33. The van der Waals surface area contributed by atoms with Gasteiger partial charge in [0.15, 0.2) is 0 Å². The number of nitrogens with zero attached hydrogens (tertiary/aromatic N) is 2. The molecule has 1 aromatic heterocycles. The summed E-state index contributed by atoms with van der Waals surface area (Å²) in [5.74, 6) is -1.14. The minimum Gasteiger partial charge on any atom is -0.480 e. The van der Waals surface area contributed by atoms with E-state index in [0.717, 1.165) is 9.13 Å². The Labute approximate surface area is 116 Å². The summed E-state index contributed by atoms with van der Waals surface area (Å²) in [7, 11) is 0. The van der Waals surface area contributed by atoms with Crippen LogP contribution in [0.15, 0.2) is 20.3 Å². The predicted octanol–water partition coefficient (Wildman–Crippen LogP) is 0.378. The van der Waals surface area contributed by atoms with Crippen LogP contribution in [0.4, 0.5) is 0 Å². The van der Waals surface area contributed by atoms with Gasteiger partial charge in [0, 0.05) is 6.20 Å². The largest absolute Gasteiger partial charge is 0.480 e. The number of carbonyl (C=O) groups is 1. The molecule has 0 spiro atoms. The van der Waals surface area contributed by atoms with Crippen LogP contribution < -0.4 is 11.2 Å². The van der Waals surface area contributed by atoms with Gasteiger partial charge in [-0.3, -0.25) is 13.9 Å². The second kappa shape index (κ2) is 4.93. The van der Waals surface area contributed by atoms with Crippen molar-refractivity contribution in [2.45, 2.75) is 32.0 Å². The van der Waals surface area contributed by atoms with Crippen molar-refractivity contribution in [3.63, 3.8) is 0 Å². The minimum atomic E-state index is -1.14. The van der Waals surface area contributed by atoms with E-state index < -0.39 is 29.3 Å². The Morgan fingerprint density at radius 3 is 2.58 bits per heavy atom. The number of carboxylic acids is 1. The number of aliphatic carboxylic acids is 1. The van der Waals surface area contributed by atoms with Crippen LogP contribution in [0, 0.1) is 0 Å². The zero-order valence-corrected chi connectivity index (χ0v) is 12.0. The first-order valence-corrected chi connectivity index (χ1v) is 6.51. The molecule has 2 unspecified atom stereocenters. The lowest BCUT2D eigenvalue weighted by Crippen LogP contribution is -2.44. The molecule has 3 atom stereocenters. The van der Waals surface area contributed by atoms with Crippen LogP contribution in [0.1, 0.15) is 25.9 Å². The molecule has 2 rings (SSSR count). The Morgan fingerprint density at radius 1 is 1.53 bits per heavy atom. The molecule has 1 saturated heterocycles. The van der Waals surface area contributed by atoms with Gasteiger partial charge in [0.25, 0.3) is 5.56 Å². The number of hydrogen-bond acceptors (Lipinski definition) is 4. The minimum absolute atomic E-state index is 0.146. The van der Waals surface area contributed by atoms with Crippen molar-refractivity contribution < 1.29 is 14.6 Å². The molecule has 0 radical (unpaired) electrons. The van der Waals surface area contributed by atoms with Crippen LogP contribution in [0.2, 0.25) is 0 Å². The third-order valence-electron chi connectivity index (χ3n) is 3.18. The molecule has 0 aromatic carbocycles. The zero-order valence-electron chi connectivity index (χ0n) is 10.4. The van der Waals surface area contributed by atoms with Crippen LogP contribution in [-0.4, -0.2) is 32.9 Å². The summed E-state index contributed by atoms with van der Waals surface area (Å²) in [6.07, 6.45) is 1.04. The summed E-state index contributed by atoms with van der Waals surface area (Å²) in [4.78, 5) is 35.2. The van der Waals surface area contributed by atoms with Gasteiger partial charge in [-0.25, -0.2) is 9.59 Å². The summed E-state index contributed by atoms with van der Waals surface area (Å²) in [6.45, 7) is 3.57. The number of rotatable bonds is 4. The molecule has 0 saturated carbocycles. The molecular formula is C11H13BrN2O5. The van der Waals surface area contributed by atoms with Crippen molar-refractivity contribution >= 4 is 21.9 Å². The Morgan fingerprint density at radius 2 is 2.11 bits per heavy atom. The lowest BCUT2D eigenvalue weighted by atomic mass is 10.2. The average Bonchev–Trinajstić information content (AvgIpc) is 3.17. The van der Waals surface area contributed by atoms with E-state index in [1.807, 2.05) is 0 Å². The lowest BCUT2D eigenvalue weighted by molar-refractivity contribution is -0.140. The molecule has 8 heteroatoms.